The van der Waals surface area contributed by atoms with Crippen LogP contribution < -0.4 is 8.92 Å². The Morgan fingerprint density at radius 3 is 2.52 bits per heavy atom. The molecule has 0 fully saturated rings. The number of hydrogen-bond acceptors (Lipinski definition) is 5. The average Bonchev–Trinajstić information content (AvgIpc) is 2.57. The summed E-state index contributed by atoms with van der Waals surface area (Å²) in [5, 5.41) is 8.99. The summed E-state index contributed by atoms with van der Waals surface area (Å²) in [5.74, 6) is -0.923. The number of alkyl halides is 3. The number of nitrogens with zero attached hydrogens (tertiary/aromatic N) is 1. The van der Waals surface area contributed by atoms with E-state index in [1.165, 1.54) is 18.2 Å². The molecule has 0 unspecified atom stereocenters. The molecule has 0 heterocycles. The molecular formula is C17H13BrF3NO4S. The van der Waals surface area contributed by atoms with Gasteiger partial charge in [0.2, 0.25) is 0 Å². The topological polar surface area (TPSA) is 76.4 Å². The molecule has 0 spiro atoms. The minimum Gasteiger partial charge on any atom is -0.490 e. The maximum Gasteiger partial charge on any atom is 0.416 e. The molecule has 0 aliphatic heterocycles. The quantitative estimate of drug-likeness (QED) is 0.582. The fourth-order valence-corrected chi connectivity index (χ4v) is 3.88. The lowest BCUT2D eigenvalue weighted by atomic mass is 10.1. The van der Waals surface area contributed by atoms with Crippen molar-refractivity contribution in [2.75, 3.05) is 6.61 Å². The fourth-order valence-electron chi connectivity index (χ4n) is 2.17. The number of rotatable bonds is 6. The molecule has 0 bridgehead atoms. The Balaban J connectivity index is 2.33. The van der Waals surface area contributed by atoms with Crippen molar-refractivity contribution in [3.63, 3.8) is 0 Å². The minimum atomic E-state index is -4.58. The second kappa shape index (κ2) is 8.19. The summed E-state index contributed by atoms with van der Waals surface area (Å²) in [5.41, 5.74) is -0.815. The molecule has 5 nitrogen and oxygen atoms in total. The zero-order chi connectivity index (χ0) is 20.2. The predicted molar refractivity (Wildman–Crippen MR) is 94.7 cm³/mol. The predicted octanol–water partition coefficient (Wildman–Crippen LogP) is 4.65. The highest BCUT2D eigenvalue weighted by Gasteiger charge is 2.31. The standard InChI is InChI=1S/C17H13BrF3NO4S/c1-2-25-15-8-12(9-22)7-14(18)16(15)26-27(23,24)10-11-4-3-5-13(6-11)17(19,20)21/h3-8H,2,10H2,1H3. The van der Waals surface area contributed by atoms with Crippen molar-refractivity contribution in [2.45, 2.75) is 18.9 Å². The van der Waals surface area contributed by atoms with E-state index in [2.05, 4.69) is 15.9 Å². The highest BCUT2D eigenvalue weighted by atomic mass is 79.9. The van der Waals surface area contributed by atoms with Crippen molar-refractivity contribution >= 4 is 26.0 Å². The van der Waals surface area contributed by atoms with Crippen molar-refractivity contribution in [1.82, 2.24) is 0 Å². The summed E-state index contributed by atoms with van der Waals surface area (Å²) in [6.07, 6.45) is -4.58. The molecular weight excluding hydrogens is 451 g/mol. The summed E-state index contributed by atoms with van der Waals surface area (Å²) in [7, 11) is -4.29. The van der Waals surface area contributed by atoms with Crippen molar-refractivity contribution in [1.29, 1.82) is 5.26 Å². The molecule has 0 saturated carbocycles. The van der Waals surface area contributed by atoms with Gasteiger partial charge in [0.25, 0.3) is 0 Å². The molecule has 0 aliphatic carbocycles. The van der Waals surface area contributed by atoms with E-state index in [0.717, 1.165) is 18.2 Å². The van der Waals surface area contributed by atoms with Gasteiger partial charge >= 0.3 is 16.3 Å². The van der Waals surface area contributed by atoms with Crippen LogP contribution in [0.15, 0.2) is 40.9 Å². The van der Waals surface area contributed by atoms with Gasteiger partial charge < -0.3 is 8.92 Å². The van der Waals surface area contributed by atoms with Crippen LogP contribution in [0.1, 0.15) is 23.6 Å². The van der Waals surface area contributed by atoms with E-state index in [1.807, 2.05) is 6.07 Å². The van der Waals surface area contributed by atoms with Crippen LogP contribution in [-0.2, 0) is 22.0 Å². The number of halogens is 4. The highest BCUT2D eigenvalue weighted by Crippen LogP contribution is 2.38. The molecule has 27 heavy (non-hydrogen) atoms. The van der Waals surface area contributed by atoms with Crippen molar-refractivity contribution in [3.05, 3.63) is 57.6 Å². The van der Waals surface area contributed by atoms with E-state index in [9.17, 15) is 21.6 Å². The Bertz CT molecular complexity index is 985. The molecule has 0 aliphatic rings. The molecule has 2 aromatic rings. The van der Waals surface area contributed by atoms with Gasteiger partial charge in [0.1, 0.15) is 5.75 Å². The van der Waals surface area contributed by atoms with Crippen molar-refractivity contribution in [2.24, 2.45) is 0 Å². The summed E-state index contributed by atoms with van der Waals surface area (Å²) < 4.78 is 73.6. The fraction of sp³-hybridized carbons (Fsp3) is 0.235. The first kappa shape index (κ1) is 21.1. The van der Waals surface area contributed by atoms with E-state index in [1.54, 1.807) is 6.92 Å². The summed E-state index contributed by atoms with van der Waals surface area (Å²) in [6.45, 7) is 1.85. The van der Waals surface area contributed by atoms with Crippen LogP contribution in [0.25, 0.3) is 0 Å². The second-order valence-corrected chi connectivity index (χ2v) is 7.74. The molecule has 2 aromatic carbocycles. The summed E-state index contributed by atoms with van der Waals surface area (Å²) >= 11 is 3.12. The van der Waals surface area contributed by atoms with Crippen LogP contribution in [0.3, 0.4) is 0 Å². The molecule has 0 aromatic heterocycles. The molecule has 2 rings (SSSR count). The number of benzene rings is 2. The Hall–Kier alpha value is -2.25. The third-order valence-electron chi connectivity index (χ3n) is 3.25. The van der Waals surface area contributed by atoms with Crippen LogP contribution in [0, 0.1) is 11.3 Å². The van der Waals surface area contributed by atoms with E-state index in [0.29, 0.717) is 0 Å². The first-order chi connectivity index (χ1) is 12.6. The third-order valence-corrected chi connectivity index (χ3v) is 4.94. The van der Waals surface area contributed by atoms with Gasteiger partial charge in [-0.3, -0.25) is 0 Å². The highest BCUT2D eigenvalue weighted by molar-refractivity contribution is 9.10. The maximum atomic E-state index is 12.8. The normalized spacial score (nSPS) is 11.7. The first-order valence-corrected chi connectivity index (χ1v) is 9.87. The third kappa shape index (κ3) is 5.61. The first-order valence-electron chi connectivity index (χ1n) is 7.50. The van der Waals surface area contributed by atoms with E-state index in [-0.39, 0.29) is 33.7 Å². The van der Waals surface area contributed by atoms with Gasteiger partial charge in [0.15, 0.2) is 11.5 Å². The van der Waals surface area contributed by atoms with Gasteiger partial charge in [-0.15, -0.1) is 0 Å². The average molecular weight is 464 g/mol. The lowest BCUT2D eigenvalue weighted by Gasteiger charge is -2.14. The Labute approximate surface area is 162 Å². The minimum absolute atomic E-state index is 0.0241. The molecule has 0 atom stereocenters. The van der Waals surface area contributed by atoms with E-state index < -0.39 is 27.6 Å². The lowest BCUT2D eigenvalue weighted by Crippen LogP contribution is -2.14. The Kier molecular flexibility index (Phi) is 6.38. The molecule has 10 heteroatoms. The van der Waals surface area contributed by atoms with Crippen LogP contribution in [-0.4, -0.2) is 15.0 Å². The summed E-state index contributed by atoms with van der Waals surface area (Å²) in [4.78, 5) is 0. The summed E-state index contributed by atoms with van der Waals surface area (Å²) in [6, 6.07) is 8.53. The molecule has 144 valence electrons. The van der Waals surface area contributed by atoms with Gasteiger partial charge in [0.05, 0.1) is 28.3 Å². The van der Waals surface area contributed by atoms with E-state index in [4.69, 9.17) is 14.2 Å². The van der Waals surface area contributed by atoms with Gasteiger partial charge in [-0.25, -0.2) is 0 Å². The Morgan fingerprint density at radius 2 is 1.93 bits per heavy atom. The second-order valence-electron chi connectivity index (χ2n) is 5.31. The van der Waals surface area contributed by atoms with E-state index >= 15 is 0 Å². The van der Waals surface area contributed by atoms with Gasteiger partial charge in [-0.1, -0.05) is 18.2 Å². The van der Waals surface area contributed by atoms with Gasteiger partial charge in [-0.2, -0.15) is 26.9 Å². The molecule has 0 saturated heterocycles. The smallest absolute Gasteiger partial charge is 0.416 e. The zero-order valence-electron chi connectivity index (χ0n) is 13.9. The lowest BCUT2D eigenvalue weighted by molar-refractivity contribution is -0.137. The van der Waals surface area contributed by atoms with Gasteiger partial charge in [0, 0.05) is 6.07 Å². The Morgan fingerprint density at radius 1 is 1.22 bits per heavy atom. The number of ether oxygens (including phenoxy) is 1. The van der Waals surface area contributed by atoms with Crippen molar-refractivity contribution in [3.8, 4) is 17.6 Å². The number of nitriles is 1. The number of hydrogen-bond donors (Lipinski definition) is 0. The van der Waals surface area contributed by atoms with Crippen LogP contribution >= 0.6 is 15.9 Å². The van der Waals surface area contributed by atoms with Gasteiger partial charge in [-0.05, 0) is 40.5 Å². The van der Waals surface area contributed by atoms with Crippen LogP contribution in [0.5, 0.6) is 11.5 Å². The van der Waals surface area contributed by atoms with Crippen molar-refractivity contribution < 1.29 is 30.5 Å². The van der Waals surface area contributed by atoms with Crippen LogP contribution in [0.2, 0.25) is 0 Å². The molecule has 0 radical (unpaired) electrons. The monoisotopic (exact) mass is 463 g/mol. The largest absolute Gasteiger partial charge is 0.490 e. The molecule has 0 N–H and O–H groups in total. The molecule has 0 amide bonds. The maximum absolute atomic E-state index is 12.8. The zero-order valence-corrected chi connectivity index (χ0v) is 16.3. The van der Waals surface area contributed by atoms with Crippen LogP contribution in [0.4, 0.5) is 13.2 Å². The SMILES string of the molecule is CCOc1cc(C#N)cc(Br)c1OS(=O)(=O)Cc1cccc(C(F)(F)F)c1.